The van der Waals surface area contributed by atoms with Gasteiger partial charge in [0, 0.05) is 11.9 Å². The van der Waals surface area contributed by atoms with Crippen molar-refractivity contribution < 1.29 is 8.42 Å². The molecule has 0 spiro atoms. The minimum atomic E-state index is -3.07. The Morgan fingerprint density at radius 1 is 1.56 bits per heavy atom. The summed E-state index contributed by atoms with van der Waals surface area (Å²) in [5.74, 6) is 0. The second-order valence-electron chi connectivity index (χ2n) is 1.76. The van der Waals surface area contributed by atoms with Gasteiger partial charge < -0.3 is 0 Å². The Bertz CT molecular complexity index is 261. The molecule has 9 heavy (non-hydrogen) atoms. The average Bonchev–Trinajstić information content (AvgIpc) is 1.60. The topological polar surface area (TPSA) is 48.2 Å². The van der Waals surface area contributed by atoms with Crippen molar-refractivity contribution in [3.63, 3.8) is 0 Å². The molecule has 0 atom stereocenters. The van der Waals surface area contributed by atoms with Crippen LogP contribution in [0.1, 0.15) is 6.92 Å². The summed E-state index contributed by atoms with van der Waals surface area (Å²) < 4.78 is 21.3. The summed E-state index contributed by atoms with van der Waals surface area (Å²) in [5, 5.41) is 5.93. The van der Waals surface area contributed by atoms with E-state index in [1.807, 2.05) is 0 Å². The molecule has 1 aliphatic heterocycles. The molecule has 0 aromatic heterocycles. The Kier molecular flexibility index (Phi) is 1.32. The van der Waals surface area contributed by atoms with Crippen LogP contribution in [0, 0.1) is 0 Å². The van der Waals surface area contributed by atoms with Crippen LogP contribution in [0.4, 0.5) is 0 Å². The summed E-state index contributed by atoms with van der Waals surface area (Å²) in [6, 6.07) is 0. The Balaban J connectivity index is 3.06. The number of hydrogen-bond donors (Lipinski definition) is 0. The molecule has 0 fully saturated rings. The summed E-state index contributed by atoms with van der Waals surface area (Å²) in [6.45, 7) is 1.64. The Hall–Kier alpha value is -0.770. The van der Waals surface area contributed by atoms with E-state index in [0.717, 1.165) is 10.8 Å². The van der Waals surface area contributed by atoms with Crippen molar-refractivity contribution in [2.45, 2.75) is 6.92 Å². The van der Waals surface area contributed by atoms with E-state index < -0.39 is 9.84 Å². The van der Waals surface area contributed by atoms with Crippen LogP contribution in [0.3, 0.4) is 0 Å². The minimum Gasteiger partial charge on any atom is -0.260 e. The van der Waals surface area contributed by atoms with Crippen molar-refractivity contribution in [2.24, 2.45) is 0 Å². The Morgan fingerprint density at radius 2 is 2.22 bits per heavy atom. The molecule has 0 unspecified atom stereocenters. The fraction of sp³-hybridized carbons (Fsp3) is 0.200. The first-order valence-electron chi connectivity index (χ1n) is 2.41. The first-order valence-corrected chi connectivity index (χ1v) is 4.02. The van der Waals surface area contributed by atoms with E-state index in [4.69, 9.17) is 0 Å². The number of nitrogens with zero attached hydrogens (tertiary/aromatic N) is 1. The fourth-order valence-corrected chi connectivity index (χ4v) is 1.39. The molecule has 0 aromatic carbocycles. The molecule has 0 N–H and O–H groups in total. The van der Waals surface area contributed by atoms with Crippen LogP contribution in [-0.2, 0) is 9.84 Å². The highest BCUT2D eigenvalue weighted by Crippen LogP contribution is 2.04. The zero-order chi connectivity index (χ0) is 6.91. The van der Waals surface area contributed by atoms with Gasteiger partial charge in [0.2, 0.25) is 0 Å². The predicted octanol–water partition coefficient (Wildman–Crippen LogP) is 0.352. The highest BCUT2D eigenvalue weighted by Gasteiger charge is 2.06. The smallest absolute Gasteiger partial charge is 0.196 e. The molecule has 0 aliphatic carbocycles. The first kappa shape index (κ1) is 6.35. The maximum atomic E-state index is 10.6. The van der Waals surface area contributed by atoms with Crippen LogP contribution in [0.25, 0.3) is 0 Å². The number of sulfone groups is 1. The molecular weight excluding hydrogens is 138 g/mol. The summed E-state index contributed by atoms with van der Waals surface area (Å²) >= 11 is 0. The van der Waals surface area contributed by atoms with Crippen LogP contribution in [-0.4, -0.2) is 8.42 Å². The van der Waals surface area contributed by atoms with Gasteiger partial charge in [0.05, 0.1) is 10.8 Å². The molecule has 0 saturated carbocycles. The van der Waals surface area contributed by atoms with Gasteiger partial charge in [-0.1, -0.05) is 0 Å². The second-order valence-corrected chi connectivity index (χ2v) is 3.45. The molecular formula is C5H6NO2S. The lowest BCUT2D eigenvalue weighted by molar-refractivity contribution is 0.611. The van der Waals surface area contributed by atoms with Gasteiger partial charge in [-0.3, -0.25) is 5.32 Å². The molecule has 0 saturated heterocycles. The van der Waals surface area contributed by atoms with Crippen molar-refractivity contribution in [3.05, 3.63) is 22.7 Å². The van der Waals surface area contributed by atoms with Crippen LogP contribution < -0.4 is 5.32 Å². The molecule has 1 radical (unpaired) electrons. The molecule has 3 nitrogen and oxygen atoms in total. The largest absolute Gasteiger partial charge is 0.260 e. The third kappa shape index (κ3) is 1.57. The van der Waals surface area contributed by atoms with Gasteiger partial charge in [0.25, 0.3) is 0 Å². The monoisotopic (exact) mass is 144 g/mol. The zero-order valence-electron chi connectivity index (χ0n) is 4.90. The summed E-state index contributed by atoms with van der Waals surface area (Å²) in [4.78, 5) is 0. The molecule has 1 heterocycles. The van der Waals surface area contributed by atoms with Gasteiger partial charge in [0.1, 0.15) is 0 Å². The predicted molar refractivity (Wildman–Crippen MR) is 34.0 cm³/mol. The number of rotatable bonds is 0. The second kappa shape index (κ2) is 1.88. The van der Waals surface area contributed by atoms with Crippen LogP contribution in [0.15, 0.2) is 22.7 Å². The van der Waals surface area contributed by atoms with Crippen molar-refractivity contribution in [1.29, 1.82) is 0 Å². The van der Waals surface area contributed by atoms with E-state index in [1.54, 1.807) is 6.92 Å². The standard InChI is InChI=1S/C5H6NO2S/c1-5-4-9(7,8)3-2-6-5/h2-4H,1H3. The van der Waals surface area contributed by atoms with Gasteiger partial charge >= 0.3 is 0 Å². The van der Waals surface area contributed by atoms with E-state index in [1.165, 1.54) is 6.20 Å². The SMILES string of the molecule is CC1=CS(=O)(=O)C=C[N]1. The van der Waals surface area contributed by atoms with Gasteiger partial charge in [-0.05, 0) is 6.92 Å². The third-order valence-corrected chi connectivity index (χ3v) is 2.03. The van der Waals surface area contributed by atoms with Crippen LogP contribution >= 0.6 is 0 Å². The molecule has 0 aromatic rings. The Morgan fingerprint density at radius 3 is 2.56 bits per heavy atom. The summed E-state index contributed by atoms with van der Waals surface area (Å²) in [6.07, 6.45) is 1.28. The van der Waals surface area contributed by atoms with E-state index in [-0.39, 0.29) is 0 Å². The lowest BCUT2D eigenvalue weighted by Gasteiger charge is -2.00. The maximum absolute atomic E-state index is 10.6. The first-order chi connectivity index (χ1) is 4.10. The van der Waals surface area contributed by atoms with Gasteiger partial charge in [-0.25, -0.2) is 8.42 Å². The van der Waals surface area contributed by atoms with Crippen LogP contribution in [0.2, 0.25) is 0 Å². The molecule has 0 bridgehead atoms. The van der Waals surface area contributed by atoms with Crippen molar-refractivity contribution in [3.8, 4) is 0 Å². The zero-order valence-corrected chi connectivity index (χ0v) is 5.72. The van der Waals surface area contributed by atoms with Crippen molar-refractivity contribution in [2.75, 3.05) is 0 Å². The van der Waals surface area contributed by atoms with E-state index >= 15 is 0 Å². The van der Waals surface area contributed by atoms with E-state index in [2.05, 4.69) is 5.32 Å². The van der Waals surface area contributed by atoms with Gasteiger partial charge in [-0.2, -0.15) is 0 Å². The number of hydrogen-bond acceptors (Lipinski definition) is 2. The van der Waals surface area contributed by atoms with E-state index in [0.29, 0.717) is 5.70 Å². The molecule has 1 rings (SSSR count). The van der Waals surface area contributed by atoms with Crippen molar-refractivity contribution in [1.82, 2.24) is 5.32 Å². The lowest BCUT2D eigenvalue weighted by Crippen LogP contribution is -2.03. The number of allylic oxidation sites excluding steroid dienone is 1. The maximum Gasteiger partial charge on any atom is 0.196 e. The fourth-order valence-electron chi connectivity index (χ4n) is 0.540. The Labute approximate surface area is 54.0 Å². The lowest BCUT2D eigenvalue weighted by atomic mass is 10.6. The molecule has 0 amide bonds. The minimum absolute atomic E-state index is 0.525. The molecule has 4 heteroatoms. The highest BCUT2D eigenvalue weighted by atomic mass is 32.2. The summed E-state index contributed by atoms with van der Waals surface area (Å²) in [7, 11) is -3.07. The van der Waals surface area contributed by atoms with Gasteiger partial charge in [0.15, 0.2) is 9.84 Å². The van der Waals surface area contributed by atoms with Gasteiger partial charge in [-0.15, -0.1) is 0 Å². The van der Waals surface area contributed by atoms with Crippen LogP contribution in [0.5, 0.6) is 0 Å². The highest BCUT2D eigenvalue weighted by molar-refractivity contribution is 7.97. The normalized spacial score (nSPS) is 22.6. The van der Waals surface area contributed by atoms with Crippen molar-refractivity contribution >= 4 is 9.84 Å². The third-order valence-electron chi connectivity index (χ3n) is 0.864. The quantitative estimate of drug-likeness (QED) is 0.492. The molecule has 49 valence electrons. The molecule has 1 aliphatic rings. The summed E-state index contributed by atoms with van der Waals surface area (Å²) in [5.41, 5.74) is 0.525. The van der Waals surface area contributed by atoms with E-state index in [9.17, 15) is 8.42 Å². The average molecular weight is 144 g/mol.